The van der Waals surface area contributed by atoms with Gasteiger partial charge in [0.25, 0.3) is 7.82 Å². The van der Waals surface area contributed by atoms with Gasteiger partial charge in [-0.1, -0.05) is 0 Å². The van der Waals surface area contributed by atoms with Crippen LogP contribution >= 0.6 is 7.82 Å². The summed E-state index contributed by atoms with van der Waals surface area (Å²) in [5.74, 6) is 0.230. The second kappa shape index (κ2) is 4.29. The molecule has 2 unspecified atom stereocenters. The van der Waals surface area contributed by atoms with E-state index in [0.29, 0.717) is 0 Å². The van der Waals surface area contributed by atoms with Crippen LogP contribution in [0.2, 0.25) is 0 Å². The fourth-order valence-corrected chi connectivity index (χ4v) is 2.42. The number of phosphoric ester groups is 1. The van der Waals surface area contributed by atoms with Gasteiger partial charge in [0.2, 0.25) is 0 Å². The molecule has 1 aliphatic rings. The minimum atomic E-state index is -4.53. The first kappa shape index (κ1) is 12.1. The molecule has 0 spiro atoms. The van der Waals surface area contributed by atoms with E-state index in [-0.39, 0.29) is 12.5 Å². The van der Waals surface area contributed by atoms with Gasteiger partial charge in [0, 0.05) is 5.92 Å². The van der Waals surface area contributed by atoms with Gasteiger partial charge in [0.15, 0.2) is 0 Å². The number of likely N-dealkylation sites (tertiary alicyclic amines) is 1. The molecule has 84 valence electrons. The van der Waals surface area contributed by atoms with Crippen molar-refractivity contribution < 1.29 is 23.4 Å². The normalized spacial score (nSPS) is 31.0. The Balaban J connectivity index is 2.35. The van der Waals surface area contributed by atoms with Crippen LogP contribution in [-0.4, -0.2) is 43.2 Å². The van der Waals surface area contributed by atoms with Gasteiger partial charge in [-0.2, -0.15) is 0 Å². The Kier molecular flexibility index (Phi) is 3.72. The van der Waals surface area contributed by atoms with Gasteiger partial charge in [-0.05, 0) is 12.8 Å². The maximum absolute atomic E-state index is 10.4. The van der Waals surface area contributed by atoms with Crippen LogP contribution in [0.5, 0.6) is 0 Å². The Bertz CT molecular complexity index is 237. The summed E-state index contributed by atoms with van der Waals surface area (Å²) in [5.41, 5.74) is 0. The molecule has 2 atom stereocenters. The minimum Gasteiger partial charge on any atom is -0.756 e. The van der Waals surface area contributed by atoms with E-state index in [2.05, 4.69) is 18.6 Å². The van der Waals surface area contributed by atoms with Gasteiger partial charge < -0.3 is 18.8 Å². The Morgan fingerprint density at radius 2 is 2.29 bits per heavy atom. The molecule has 1 aliphatic heterocycles. The lowest BCUT2D eigenvalue weighted by Crippen LogP contribution is -2.48. The molecule has 0 aromatic carbocycles. The Hall–Kier alpha value is 0.0700. The molecule has 0 saturated carbocycles. The number of piperidine rings is 1. The second-order valence-corrected chi connectivity index (χ2v) is 5.81. The first-order valence-corrected chi connectivity index (χ1v) is 6.28. The highest BCUT2D eigenvalue weighted by molar-refractivity contribution is 7.44. The molecule has 1 N–H and O–H groups in total. The number of nitrogens with zero attached hydrogens (tertiary/aromatic N) is 1. The van der Waals surface area contributed by atoms with Crippen molar-refractivity contribution in [3.05, 3.63) is 0 Å². The van der Waals surface area contributed by atoms with Crippen LogP contribution in [0.3, 0.4) is 0 Å². The van der Waals surface area contributed by atoms with Crippen molar-refractivity contribution in [1.82, 2.24) is 0 Å². The summed E-state index contributed by atoms with van der Waals surface area (Å²) >= 11 is 0. The fraction of sp³-hybridized carbons (Fsp3) is 1.00. The smallest absolute Gasteiger partial charge is 0.265 e. The van der Waals surface area contributed by atoms with E-state index in [1.165, 1.54) is 0 Å². The summed E-state index contributed by atoms with van der Waals surface area (Å²) in [6.07, 6.45) is 2.05. The molecule has 14 heavy (non-hydrogen) atoms. The highest BCUT2D eigenvalue weighted by atomic mass is 31.2. The van der Waals surface area contributed by atoms with E-state index in [9.17, 15) is 9.46 Å². The quantitative estimate of drug-likeness (QED) is 0.538. The molecular weight excluding hydrogens is 205 g/mol. The summed E-state index contributed by atoms with van der Waals surface area (Å²) < 4.78 is 15.7. The van der Waals surface area contributed by atoms with Crippen LogP contribution in [0.15, 0.2) is 0 Å². The van der Waals surface area contributed by atoms with E-state index >= 15 is 0 Å². The minimum absolute atomic E-state index is 0.110. The van der Waals surface area contributed by atoms with Crippen LogP contribution in [0.25, 0.3) is 0 Å². The molecule has 0 aliphatic carbocycles. The Morgan fingerprint density at radius 3 is 2.79 bits per heavy atom. The molecule has 1 fully saturated rings. The largest absolute Gasteiger partial charge is 0.756 e. The highest BCUT2D eigenvalue weighted by Crippen LogP contribution is 2.32. The van der Waals surface area contributed by atoms with Gasteiger partial charge in [-0.3, -0.25) is 4.57 Å². The topological polar surface area (TPSA) is 69.6 Å². The van der Waals surface area contributed by atoms with Crippen LogP contribution in [0.1, 0.15) is 12.8 Å². The van der Waals surface area contributed by atoms with Crippen molar-refractivity contribution in [1.29, 1.82) is 0 Å². The summed E-state index contributed by atoms with van der Waals surface area (Å²) in [5, 5.41) is 0. The zero-order valence-corrected chi connectivity index (χ0v) is 9.57. The molecular formula is C8H18NO4P. The third-order valence-corrected chi connectivity index (χ3v) is 3.08. The van der Waals surface area contributed by atoms with Gasteiger partial charge in [0.05, 0.1) is 33.8 Å². The van der Waals surface area contributed by atoms with E-state index in [1.54, 1.807) is 0 Å². The lowest BCUT2D eigenvalue weighted by molar-refractivity contribution is -0.898. The van der Waals surface area contributed by atoms with Crippen LogP contribution < -0.4 is 4.89 Å². The molecule has 0 amide bonds. The average molecular weight is 223 g/mol. The summed E-state index contributed by atoms with van der Waals surface area (Å²) in [6.45, 7) is 2.13. The SMILES string of the molecule is C[N+]1(C)CCCC(COP(=O)([O-])O)C1. The molecule has 0 radical (unpaired) electrons. The number of hydrogen-bond acceptors (Lipinski definition) is 3. The monoisotopic (exact) mass is 223 g/mol. The van der Waals surface area contributed by atoms with Crippen molar-refractivity contribution in [2.45, 2.75) is 12.8 Å². The third kappa shape index (κ3) is 4.53. The van der Waals surface area contributed by atoms with Crippen molar-refractivity contribution in [2.75, 3.05) is 33.8 Å². The summed E-state index contributed by atoms with van der Waals surface area (Å²) in [6, 6.07) is 0. The fourth-order valence-electron chi connectivity index (χ4n) is 2.03. The van der Waals surface area contributed by atoms with Gasteiger partial charge in [-0.15, -0.1) is 0 Å². The standard InChI is InChI=1S/C8H18NO4P/c1-9(2)5-3-4-8(6-9)7-13-14(10,11)12/h8H,3-7H2,1-2H3,(H-,10,11,12). The molecule has 0 aromatic rings. The molecule has 1 rings (SSSR count). The van der Waals surface area contributed by atoms with Crippen LogP contribution in [-0.2, 0) is 9.09 Å². The maximum Gasteiger partial charge on any atom is 0.265 e. The van der Waals surface area contributed by atoms with Crippen molar-refractivity contribution in [3.8, 4) is 0 Å². The summed E-state index contributed by atoms with van der Waals surface area (Å²) in [4.78, 5) is 18.8. The highest BCUT2D eigenvalue weighted by Gasteiger charge is 2.27. The predicted octanol–water partition coefficient (Wildman–Crippen LogP) is -0.0499. The zero-order valence-electron chi connectivity index (χ0n) is 8.68. The van der Waals surface area contributed by atoms with Crippen molar-refractivity contribution >= 4 is 7.82 Å². The van der Waals surface area contributed by atoms with E-state index < -0.39 is 7.82 Å². The van der Waals surface area contributed by atoms with Gasteiger partial charge in [-0.25, -0.2) is 0 Å². The van der Waals surface area contributed by atoms with Gasteiger partial charge >= 0.3 is 0 Å². The third-order valence-electron chi connectivity index (χ3n) is 2.60. The Morgan fingerprint density at radius 1 is 1.64 bits per heavy atom. The number of phosphoric acid groups is 1. The van der Waals surface area contributed by atoms with Crippen molar-refractivity contribution in [2.24, 2.45) is 5.92 Å². The second-order valence-electron chi connectivity index (χ2n) is 4.61. The predicted molar refractivity (Wildman–Crippen MR) is 50.3 cm³/mol. The van der Waals surface area contributed by atoms with E-state index in [0.717, 1.165) is 30.4 Å². The first-order chi connectivity index (χ1) is 6.29. The van der Waals surface area contributed by atoms with Crippen LogP contribution in [0, 0.1) is 5.92 Å². The molecule has 1 heterocycles. The van der Waals surface area contributed by atoms with Crippen LogP contribution in [0.4, 0.5) is 0 Å². The number of hydrogen-bond donors (Lipinski definition) is 1. The molecule has 6 heteroatoms. The Labute approximate surface area is 84.5 Å². The van der Waals surface area contributed by atoms with E-state index in [1.807, 2.05) is 0 Å². The number of rotatable bonds is 3. The average Bonchev–Trinajstić information content (AvgIpc) is 1.98. The molecule has 1 saturated heterocycles. The lowest BCUT2D eigenvalue weighted by atomic mass is 9.98. The van der Waals surface area contributed by atoms with Crippen molar-refractivity contribution in [3.63, 3.8) is 0 Å². The molecule has 0 bridgehead atoms. The first-order valence-electron chi connectivity index (χ1n) is 4.79. The van der Waals surface area contributed by atoms with E-state index in [4.69, 9.17) is 4.89 Å². The zero-order chi connectivity index (χ0) is 10.8. The number of quaternary nitrogens is 1. The molecule has 0 aromatic heterocycles. The molecule has 5 nitrogen and oxygen atoms in total. The maximum atomic E-state index is 10.4. The van der Waals surface area contributed by atoms with Gasteiger partial charge in [0.1, 0.15) is 0 Å². The lowest BCUT2D eigenvalue weighted by Gasteiger charge is -2.38. The summed E-state index contributed by atoms with van der Waals surface area (Å²) in [7, 11) is -0.305.